The molecule has 0 atom stereocenters. The molecular weight excluding hydrogens is 330 g/mol. The first-order valence-electron chi connectivity index (χ1n) is 7.91. The molecule has 2 heterocycles. The molecule has 0 spiro atoms. The Hall–Kier alpha value is -1.41. The fourth-order valence-corrected chi connectivity index (χ4v) is 4.34. The SMILES string of the molecule is CN(C(=O)CSc1nnnn1Cc1cccs1)C1CCCCC1. The number of amides is 1. The van der Waals surface area contributed by atoms with E-state index >= 15 is 0 Å². The lowest BCUT2D eigenvalue weighted by molar-refractivity contribution is -0.129. The van der Waals surface area contributed by atoms with Crippen LogP contribution >= 0.6 is 23.1 Å². The first kappa shape index (κ1) is 16.4. The first-order valence-corrected chi connectivity index (χ1v) is 9.77. The average molecular weight is 352 g/mol. The molecule has 1 aliphatic rings. The maximum Gasteiger partial charge on any atom is 0.233 e. The number of carbonyl (C=O) groups excluding carboxylic acids is 1. The van der Waals surface area contributed by atoms with E-state index in [1.165, 1.54) is 35.9 Å². The second-order valence-corrected chi connectivity index (χ2v) is 7.76. The summed E-state index contributed by atoms with van der Waals surface area (Å²) in [5.74, 6) is 0.547. The number of thioether (sulfide) groups is 1. The van der Waals surface area contributed by atoms with Crippen LogP contribution in [0.3, 0.4) is 0 Å². The van der Waals surface area contributed by atoms with Gasteiger partial charge in [0.25, 0.3) is 0 Å². The van der Waals surface area contributed by atoms with Gasteiger partial charge in [0.2, 0.25) is 11.1 Å². The molecule has 6 nitrogen and oxygen atoms in total. The molecule has 0 aromatic carbocycles. The van der Waals surface area contributed by atoms with E-state index < -0.39 is 0 Å². The minimum absolute atomic E-state index is 0.160. The van der Waals surface area contributed by atoms with Crippen LogP contribution in [-0.2, 0) is 11.3 Å². The lowest BCUT2D eigenvalue weighted by Gasteiger charge is -2.31. The molecule has 1 saturated carbocycles. The zero-order chi connectivity index (χ0) is 16.1. The molecule has 2 aromatic rings. The second-order valence-electron chi connectivity index (χ2n) is 5.78. The highest BCUT2D eigenvalue weighted by Gasteiger charge is 2.22. The van der Waals surface area contributed by atoms with E-state index in [2.05, 4.69) is 21.6 Å². The molecule has 8 heteroatoms. The number of rotatable bonds is 6. The summed E-state index contributed by atoms with van der Waals surface area (Å²) in [7, 11) is 1.92. The van der Waals surface area contributed by atoms with Gasteiger partial charge in [0, 0.05) is 18.0 Å². The largest absolute Gasteiger partial charge is 0.342 e. The summed E-state index contributed by atoms with van der Waals surface area (Å²) in [4.78, 5) is 15.5. The Bertz CT molecular complexity index is 622. The van der Waals surface area contributed by atoms with Gasteiger partial charge in [0.15, 0.2) is 0 Å². The predicted octanol–water partition coefficient (Wildman–Crippen LogP) is 2.67. The molecule has 1 aliphatic carbocycles. The molecular formula is C15H21N5OS2. The van der Waals surface area contributed by atoms with E-state index in [9.17, 15) is 4.79 Å². The maximum atomic E-state index is 12.4. The highest BCUT2D eigenvalue weighted by atomic mass is 32.2. The van der Waals surface area contributed by atoms with E-state index in [1.54, 1.807) is 16.0 Å². The average Bonchev–Trinajstić information content (AvgIpc) is 3.25. The Morgan fingerprint density at radius 3 is 3.00 bits per heavy atom. The number of nitrogens with zero attached hydrogens (tertiary/aromatic N) is 5. The maximum absolute atomic E-state index is 12.4. The summed E-state index contributed by atoms with van der Waals surface area (Å²) in [6.07, 6.45) is 6.01. The Morgan fingerprint density at radius 1 is 1.43 bits per heavy atom. The zero-order valence-electron chi connectivity index (χ0n) is 13.2. The van der Waals surface area contributed by atoms with Gasteiger partial charge in [-0.05, 0) is 34.7 Å². The second kappa shape index (κ2) is 7.92. The summed E-state index contributed by atoms with van der Waals surface area (Å²) < 4.78 is 1.75. The van der Waals surface area contributed by atoms with E-state index in [4.69, 9.17) is 0 Å². The first-order chi connectivity index (χ1) is 11.2. The van der Waals surface area contributed by atoms with Gasteiger partial charge < -0.3 is 4.90 Å². The molecule has 23 heavy (non-hydrogen) atoms. The van der Waals surface area contributed by atoms with Crippen LogP contribution in [-0.4, -0.2) is 49.9 Å². The van der Waals surface area contributed by atoms with Gasteiger partial charge in [0.1, 0.15) is 0 Å². The molecule has 1 amide bonds. The molecule has 0 aliphatic heterocycles. The van der Waals surface area contributed by atoms with Crippen LogP contribution in [0.15, 0.2) is 22.7 Å². The lowest BCUT2D eigenvalue weighted by atomic mass is 9.94. The van der Waals surface area contributed by atoms with E-state index in [1.807, 2.05) is 23.4 Å². The van der Waals surface area contributed by atoms with Crippen molar-refractivity contribution >= 4 is 29.0 Å². The van der Waals surface area contributed by atoms with Crippen molar-refractivity contribution in [3.05, 3.63) is 22.4 Å². The van der Waals surface area contributed by atoms with Gasteiger partial charge >= 0.3 is 0 Å². The van der Waals surface area contributed by atoms with Gasteiger partial charge in [0.05, 0.1) is 12.3 Å². The van der Waals surface area contributed by atoms with E-state index in [-0.39, 0.29) is 5.91 Å². The number of hydrogen-bond acceptors (Lipinski definition) is 6. The molecule has 0 unspecified atom stereocenters. The van der Waals surface area contributed by atoms with Crippen molar-refractivity contribution in [3.63, 3.8) is 0 Å². The minimum Gasteiger partial charge on any atom is -0.342 e. The number of carbonyl (C=O) groups is 1. The van der Waals surface area contributed by atoms with E-state index in [0.717, 1.165) is 12.8 Å². The fraction of sp³-hybridized carbons (Fsp3) is 0.600. The molecule has 0 bridgehead atoms. The van der Waals surface area contributed by atoms with Crippen molar-refractivity contribution in [2.45, 2.75) is 49.8 Å². The minimum atomic E-state index is 0.160. The third-order valence-electron chi connectivity index (χ3n) is 4.23. The Morgan fingerprint density at radius 2 is 2.26 bits per heavy atom. The third kappa shape index (κ3) is 4.32. The predicted molar refractivity (Wildman–Crippen MR) is 91.6 cm³/mol. The van der Waals surface area contributed by atoms with Crippen LogP contribution in [0.2, 0.25) is 0 Å². The highest BCUT2D eigenvalue weighted by molar-refractivity contribution is 7.99. The van der Waals surface area contributed by atoms with Crippen molar-refractivity contribution in [3.8, 4) is 0 Å². The Balaban J connectivity index is 1.53. The van der Waals surface area contributed by atoms with Crippen LogP contribution < -0.4 is 0 Å². The number of thiophene rings is 1. The molecule has 3 rings (SSSR count). The molecule has 1 fully saturated rings. The smallest absolute Gasteiger partial charge is 0.233 e. The van der Waals surface area contributed by atoms with Gasteiger partial charge in [-0.2, -0.15) is 0 Å². The van der Waals surface area contributed by atoms with Crippen LogP contribution in [0, 0.1) is 0 Å². The summed E-state index contributed by atoms with van der Waals surface area (Å²) in [6.45, 7) is 0.652. The van der Waals surface area contributed by atoms with Crippen LogP contribution in [0.4, 0.5) is 0 Å². The van der Waals surface area contributed by atoms with Gasteiger partial charge in [-0.15, -0.1) is 16.4 Å². The summed E-state index contributed by atoms with van der Waals surface area (Å²) in [5, 5.41) is 14.5. The normalized spacial score (nSPS) is 15.7. The Labute approximate surface area is 144 Å². The lowest BCUT2D eigenvalue weighted by Crippen LogP contribution is -2.39. The summed E-state index contributed by atoms with van der Waals surface area (Å²) >= 11 is 3.09. The van der Waals surface area contributed by atoms with Gasteiger partial charge in [-0.25, -0.2) is 4.68 Å². The molecule has 2 aromatic heterocycles. The van der Waals surface area contributed by atoms with Crippen molar-refractivity contribution in [2.75, 3.05) is 12.8 Å². The van der Waals surface area contributed by atoms with Crippen molar-refractivity contribution in [2.24, 2.45) is 0 Å². The summed E-state index contributed by atoms with van der Waals surface area (Å²) in [6, 6.07) is 4.47. The number of hydrogen-bond donors (Lipinski definition) is 0. The highest BCUT2D eigenvalue weighted by Crippen LogP contribution is 2.23. The fourth-order valence-electron chi connectivity index (χ4n) is 2.85. The van der Waals surface area contributed by atoms with E-state index in [0.29, 0.717) is 23.5 Å². The monoisotopic (exact) mass is 351 g/mol. The Kier molecular flexibility index (Phi) is 5.66. The quantitative estimate of drug-likeness (QED) is 0.749. The van der Waals surface area contributed by atoms with Gasteiger partial charge in [-0.3, -0.25) is 4.79 Å². The number of aromatic nitrogens is 4. The van der Waals surface area contributed by atoms with Crippen LogP contribution in [0.5, 0.6) is 0 Å². The van der Waals surface area contributed by atoms with Crippen molar-refractivity contribution in [1.82, 2.24) is 25.1 Å². The standard InChI is InChI=1S/C15H21N5OS2/c1-19(12-6-3-2-4-7-12)14(21)11-23-15-16-17-18-20(15)10-13-8-5-9-22-13/h5,8-9,12H,2-4,6-7,10-11H2,1H3. The topological polar surface area (TPSA) is 63.9 Å². The zero-order valence-corrected chi connectivity index (χ0v) is 14.9. The van der Waals surface area contributed by atoms with Crippen molar-refractivity contribution < 1.29 is 4.79 Å². The van der Waals surface area contributed by atoms with Gasteiger partial charge in [-0.1, -0.05) is 37.1 Å². The summed E-state index contributed by atoms with van der Waals surface area (Å²) in [5.41, 5.74) is 0. The molecule has 124 valence electrons. The molecule has 0 radical (unpaired) electrons. The number of tetrazole rings is 1. The van der Waals surface area contributed by atoms with Crippen LogP contribution in [0.1, 0.15) is 37.0 Å². The molecule has 0 N–H and O–H groups in total. The van der Waals surface area contributed by atoms with Crippen molar-refractivity contribution in [1.29, 1.82) is 0 Å². The molecule has 0 saturated heterocycles. The van der Waals surface area contributed by atoms with Crippen LogP contribution in [0.25, 0.3) is 0 Å². The third-order valence-corrected chi connectivity index (χ3v) is 6.03.